The number of aliphatic imine (C=N–C) groups is 1. The summed E-state index contributed by atoms with van der Waals surface area (Å²) in [7, 11) is -1.80. The van der Waals surface area contributed by atoms with Gasteiger partial charge >= 0.3 is 6.18 Å². The van der Waals surface area contributed by atoms with Gasteiger partial charge in [0.1, 0.15) is 0 Å². The number of guanidine groups is 1. The number of nitrogens with one attached hydrogen (secondary N) is 2. The molecule has 1 aromatic rings. The van der Waals surface area contributed by atoms with Gasteiger partial charge in [-0.25, -0.2) is 8.42 Å². The normalized spacial score (nSPS) is 13.1. The summed E-state index contributed by atoms with van der Waals surface area (Å²) in [6.07, 6.45) is -2.40. The van der Waals surface area contributed by atoms with Gasteiger partial charge in [-0.3, -0.25) is 9.89 Å². The number of hydrogen-bond donors (Lipinski definition) is 2. The van der Waals surface area contributed by atoms with Crippen molar-refractivity contribution in [3.05, 3.63) is 29.8 Å². The number of nitrogens with zero attached hydrogens (tertiary/aromatic N) is 2. The van der Waals surface area contributed by atoms with Crippen molar-refractivity contribution in [3.63, 3.8) is 0 Å². The predicted molar refractivity (Wildman–Crippen MR) is 101 cm³/mol. The highest BCUT2D eigenvalue weighted by atomic mass is 32.2. The average Bonchev–Trinajstić information content (AvgIpc) is 2.53. The molecule has 0 aromatic heterocycles. The molecule has 27 heavy (non-hydrogen) atoms. The monoisotopic (exact) mass is 408 g/mol. The molecule has 0 unspecified atom stereocenters. The molecule has 0 saturated carbocycles. The topological polar surface area (TPSA) is 73.8 Å². The minimum Gasteiger partial charge on any atom is -0.357 e. The number of benzene rings is 1. The molecule has 10 heteroatoms. The van der Waals surface area contributed by atoms with Gasteiger partial charge in [0, 0.05) is 25.9 Å². The van der Waals surface area contributed by atoms with Gasteiger partial charge in [0.15, 0.2) is 15.8 Å². The zero-order valence-electron chi connectivity index (χ0n) is 15.8. The molecule has 0 saturated heterocycles. The van der Waals surface area contributed by atoms with Crippen molar-refractivity contribution in [2.75, 3.05) is 46.0 Å². The van der Waals surface area contributed by atoms with Crippen LogP contribution >= 0.6 is 0 Å². The lowest BCUT2D eigenvalue weighted by Gasteiger charge is -2.18. The summed E-state index contributed by atoms with van der Waals surface area (Å²) in [4.78, 5) is 5.72. The van der Waals surface area contributed by atoms with Gasteiger partial charge in [0.25, 0.3) is 0 Å². The fourth-order valence-corrected chi connectivity index (χ4v) is 2.92. The third-order valence-corrected chi connectivity index (χ3v) is 4.73. The number of alkyl halides is 3. The molecule has 0 radical (unpaired) electrons. The van der Waals surface area contributed by atoms with Crippen LogP contribution in [0.15, 0.2) is 34.2 Å². The first-order valence-corrected chi connectivity index (χ1v) is 10.5. The van der Waals surface area contributed by atoms with E-state index in [1.807, 2.05) is 6.92 Å². The number of likely N-dealkylation sites (N-methyl/N-ethyl adjacent to an activating group) is 1. The maximum Gasteiger partial charge on any atom is 0.401 e. The van der Waals surface area contributed by atoms with Crippen molar-refractivity contribution in [1.29, 1.82) is 0 Å². The fourth-order valence-electron chi connectivity index (χ4n) is 2.29. The van der Waals surface area contributed by atoms with Crippen LogP contribution in [0, 0.1) is 0 Å². The number of hydrogen-bond acceptors (Lipinski definition) is 4. The molecule has 0 amide bonds. The predicted octanol–water partition coefficient (Wildman–Crippen LogP) is 1.68. The summed E-state index contributed by atoms with van der Waals surface area (Å²) >= 11 is 0. The summed E-state index contributed by atoms with van der Waals surface area (Å²) in [5, 5.41) is 6.15. The Morgan fingerprint density at radius 2 is 1.81 bits per heavy atom. The van der Waals surface area contributed by atoms with Crippen LogP contribution in [0.25, 0.3) is 0 Å². The third-order valence-electron chi connectivity index (χ3n) is 3.60. The average molecular weight is 408 g/mol. The van der Waals surface area contributed by atoms with E-state index in [1.54, 1.807) is 24.3 Å². The summed E-state index contributed by atoms with van der Waals surface area (Å²) in [6.45, 7) is 2.57. The van der Waals surface area contributed by atoms with E-state index in [0.29, 0.717) is 25.5 Å². The van der Waals surface area contributed by atoms with Crippen molar-refractivity contribution in [2.24, 2.45) is 4.99 Å². The molecule has 6 nitrogen and oxygen atoms in total. The molecule has 154 valence electrons. The molecule has 0 aliphatic heterocycles. The van der Waals surface area contributed by atoms with Gasteiger partial charge in [-0.15, -0.1) is 0 Å². The molecule has 2 N–H and O–H groups in total. The Hall–Kier alpha value is -1.81. The molecule has 0 aliphatic rings. The minimum absolute atomic E-state index is 0.197. The van der Waals surface area contributed by atoms with E-state index in [1.165, 1.54) is 11.9 Å². The van der Waals surface area contributed by atoms with Crippen molar-refractivity contribution in [1.82, 2.24) is 15.5 Å². The Morgan fingerprint density at radius 1 is 1.19 bits per heavy atom. The Balaban J connectivity index is 2.48. The molecule has 0 atom stereocenters. The van der Waals surface area contributed by atoms with Crippen LogP contribution in [0.2, 0.25) is 0 Å². The molecule has 1 rings (SSSR count). The smallest absolute Gasteiger partial charge is 0.357 e. The molecule has 0 bridgehead atoms. The highest BCUT2D eigenvalue weighted by Crippen LogP contribution is 2.15. The van der Waals surface area contributed by atoms with E-state index in [4.69, 9.17) is 0 Å². The number of halogens is 3. The molecule has 0 aliphatic carbocycles. The molecule has 0 fully saturated rings. The van der Waals surface area contributed by atoms with Crippen LogP contribution in [0.1, 0.15) is 12.5 Å². The first-order chi connectivity index (χ1) is 12.5. The van der Waals surface area contributed by atoms with E-state index >= 15 is 0 Å². The van der Waals surface area contributed by atoms with Crippen LogP contribution in [-0.4, -0.2) is 71.5 Å². The van der Waals surface area contributed by atoms with Gasteiger partial charge in [0.05, 0.1) is 18.0 Å². The Labute approximate surface area is 158 Å². The summed E-state index contributed by atoms with van der Waals surface area (Å²) < 4.78 is 59.8. The molecule has 0 spiro atoms. The summed E-state index contributed by atoms with van der Waals surface area (Å²) in [5.74, 6) is 0.533. The van der Waals surface area contributed by atoms with E-state index in [9.17, 15) is 21.6 Å². The van der Waals surface area contributed by atoms with Gasteiger partial charge in [-0.1, -0.05) is 12.1 Å². The SMILES string of the molecule is CCNC(=NCCN(C)CC(F)(F)F)NCCc1ccc(S(C)(=O)=O)cc1. The molecule has 1 aromatic carbocycles. The zero-order valence-corrected chi connectivity index (χ0v) is 16.6. The lowest BCUT2D eigenvalue weighted by molar-refractivity contribution is -0.142. The Kier molecular flexibility index (Phi) is 9.04. The maximum atomic E-state index is 12.3. The van der Waals surface area contributed by atoms with E-state index in [-0.39, 0.29) is 18.0 Å². The Bertz CT molecular complexity index is 704. The number of rotatable bonds is 9. The van der Waals surface area contributed by atoms with E-state index < -0.39 is 22.6 Å². The van der Waals surface area contributed by atoms with Crippen LogP contribution in [0.3, 0.4) is 0 Å². The first-order valence-electron chi connectivity index (χ1n) is 8.57. The third kappa shape index (κ3) is 10.2. The van der Waals surface area contributed by atoms with Crippen LogP contribution in [-0.2, 0) is 16.3 Å². The highest BCUT2D eigenvalue weighted by molar-refractivity contribution is 7.90. The second kappa shape index (κ2) is 10.5. The molecule has 0 heterocycles. The molecular formula is C17H27F3N4O2S. The lowest BCUT2D eigenvalue weighted by Crippen LogP contribution is -2.39. The van der Waals surface area contributed by atoms with Crippen molar-refractivity contribution >= 4 is 15.8 Å². The van der Waals surface area contributed by atoms with Gasteiger partial charge < -0.3 is 10.6 Å². The second-order valence-corrected chi connectivity index (χ2v) is 8.22. The van der Waals surface area contributed by atoms with Gasteiger partial charge in [0.2, 0.25) is 0 Å². The highest BCUT2D eigenvalue weighted by Gasteiger charge is 2.28. The lowest BCUT2D eigenvalue weighted by atomic mass is 10.1. The van der Waals surface area contributed by atoms with Crippen molar-refractivity contribution < 1.29 is 21.6 Å². The van der Waals surface area contributed by atoms with E-state index in [0.717, 1.165) is 11.8 Å². The van der Waals surface area contributed by atoms with Crippen molar-refractivity contribution in [3.8, 4) is 0 Å². The quantitative estimate of drug-likeness (QED) is 0.481. The second-order valence-electron chi connectivity index (χ2n) is 6.21. The maximum absolute atomic E-state index is 12.3. The summed E-state index contributed by atoms with van der Waals surface area (Å²) in [6, 6.07) is 6.66. The first kappa shape index (κ1) is 23.2. The van der Waals surface area contributed by atoms with Gasteiger partial charge in [-0.05, 0) is 38.1 Å². The minimum atomic E-state index is -4.21. The Morgan fingerprint density at radius 3 is 2.33 bits per heavy atom. The van der Waals surface area contributed by atoms with Crippen LogP contribution in [0.4, 0.5) is 13.2 Å². The standard InChI is InChI=1S/C17H27F3N4O2S/c1-4-21-16(23-11-12-24(2)13-17(18,19)20)22-10-9-14-5-7-15(8-6-14)27(3,25)26/h5-8H,4,9-13H2,1-3H3,(H2,21,22,23). The largest absolute Gasteiger partial charge is 0.401 e. The van der Waals surface area contributed by atoms with E-state index in [2.05, 4.69) is 15.6 Å². The number of sulfone groups is 1. The molecular weight excluding hydrogens is 381 g/mol. The van der Waals surface area contributed by atoms with Crippen LogP contribution < -0.4 is 10.6 Å². The fraction of sp³-hybridized carbons (Fsp3) is 0.588. The van der Waals surface area contributed by atoms with Gasteiger partial charge in [-0.2, -0.15) is 13.2 Å². The van der Waals surface area contributed by atoms with Crippen molar-refractivity contribution in [2.45, 2.75) is 24.4 Å². The van der Waals surface area contributed by atoms with Crippen LogP contribution in [0.5, 0.6) is 0 Å². The summed E-state index contributed by atoms with van der Waals surface area (Å²) in [5.41, 5.74) is 0.968. The zero-order chi connectivity index (χ0) is 20.5.